The van der Waals surface area contributed by atoms with Crippen LogP contribution in [0.1, 0.15) is 35.6 Å². The minimum atomic E-state index is 0.516. The Bertz CT molecular complexity index is 511. The molecule has 5 heteroatoms. The molecular formula is C13H15ClN2OS. The summed E-state index contributed by atoms with van der Waals surface area (Å²) in [5.41, 5.74) is 1.48. The topological polar surface area (TPSA) is 38.9 Å². The fourth-order valence-electron chi connectivity index (χ4n) is 2.31. The molecule has 0 aromatic carbocycles. The van der Waals surface area contributed by atoms with Crippen LogP contribution >= 0.6 is 22.9 Å². The number of aryl methyl sites for hydroxylation is 3. The van der Waals surface area contributed by atoms with E-state index in [0.29, 0.717) is 24.1 Å². The Kier molecular flexibility index (Phi) is 3.66. The van der Waals surface area contributed by atoms with E-state index in [-0.39, 0.29) is 0 Å². The maximum absolute atomic E-state index is 5.67. The number of nitrogens with zero attached hydrogens (tertiary/aromatic N) is 2. The van der Waals surface area contributed by atoms with Gasteiger partial charge >= 0.3 is 0 Å². The monoisotopic (exact) mass is 282 g/mol. The Balaban J connectivity index is 1.87. The molecule has 0 bridgehead atoms. The number of fused-ring (bicyclic) bond motifs is 1. The zero-order valence-electron chi connectivity index (χ0n) is 10.1. The van der Waals surface area contributed by atoms with Crippen LogP contribution in [0.5, 0.6) is 0 Å². The van der Waals surface area contributed by atoms with Gasteiger partial charge in [-0.05, 0) is 37.3 Å². The van der Waals surface area contributed by atoms with Crippen LogP contribution in [0.15, 0.2) is 10.5 Å². The first-order chi connectivity index (χ1) is 8.86. The average Bonchev–Trinajstić information content (AvgIpc) is 2.93. The van der Waals surface area contributed by atoms with E-state index >= 15 is 0 Å². The Morgan fingerprint density at radius 2 is 2.11 bits per heavy atom. The van der Waals surface area contributed by atoms with Crippen molar-refractivity contribution in [1.29, 1.82) is 0 Å². The molecular weight excluding hydrogens is 268 g/mol. The minimum Gasteiger partial charge on any atom is -0.420 e. The van der Waals surface area contributed by atoms with Gasteiger partial charge < -0.3 is 4.42 Å². The van der Waals surface area contributed by atoms with Gasteiger partial charge in [-0.15, -0.1) is 33.1 Å². The molecule has 0 saturated heterocycles. The van der Waals surface area contributed by atoms with E-state index in [1.54, 1.807) is 11.3 Å². The molecule has 2 heterocycles. The predicted molar refractivity (Wildman–Crippen MR) is 73.3 cm³/mol. The molecule has 0 aliphatic heterocycles. The summed E-state index contributed by atoms with van der Waals surface area (Å²) in [6.45, 7) is 0. The van der Waals surface area contributed by atoms with Crippen LogP contribution in [-0.4, -0.2) is 16.1 Å². The fraction of sp³-hybridized carbons (Fsp3) is 0.538. The first-order valence-electron chi connectivity index (χ1n) is 6.37. The van der Waals surface area contributed by atoms with Crippen molar-refractivity contribution in [1.82, 2.24) is 10.2 Å². The first kappa shape index (κ1) is 12.2. The first-order valence-corrected chi connectivity index (χ1v) is 7.72. The van der Waals surface area contributed by atoms with E-state index < -0.39 is 0 Å². The van der Waals surface area contributed by atoms with Crippen molar-refractivity contribution in [2.45, 2.75) is 38.5 Å². The van der Waals surface area contributed by atoms with Gasteiger partial charge in [0.05, 0.1) is 4.88 Å². The summed E-state index contributed by atoms with van der Waals surface area (Å²) in [6, 6.07) is 2.23. The Hall–Kier alpha value is -0.870. The molecule has 0 unspecified atom stereocenters. The van der Waals surface area contributed by atoms with Gasteiger partial charge in [-0.25, -0.2) is 0 Å². The summed E-state index contributed by atoms with van der Waals surface area (Å²) in [5.74, 6) is 1.79. The highest BCUT2D eigenvalue weighted by Gasteiger charge is 2.16. The SMILES string of the molecule is ClCCc1nnc(-c2cc3c(s2)CCCCC3)o1. The van der Waals surface area contributed by atoms with E-state index in [0.717, 1.165) is 4.88 Å². The highest BCUT2D eigenvalue weighted by molar-refractivity contribution is 7.15. The van der Waals surface area contributed by atoms with Crippen molar-refractivity contribution < 1.29 is 4.42 Å². The molecule has 2 aromatic rings. The molecule has 0 fully saturated rings. The second kappa shape index (κ2) is 5.41. The molecule has 96 valence electrons. The van der Waals surface area contributed by atoms with Crippen LogP contribution in [-0.2, 0) is 19.3 Å². The lowest BCUT2D eigenvalue weighted by Crippen LogP contribution is -1.84. The van der Waals surface area contributed by atoms with Gasteiger partial charge in [0.15, 0.2) is 0 Å². The van der Waals surface area contributed by atoms with Gasteiger partial charge in [0.1, 0.15) is 0 Å². The van der Waals surface area contributed by atoms with Crippen LogP contribution < -0.4 is 0 Å². The van der Waals surface area contributed by atoms with Gasteiger partial charge in [0.2, 0.25) is 5.89 Å². The van der Waals surface area contributed by atoms with Gasteiger partial charge in [-0.2, -0.15) is 0 Å². The average molecular weight is 283 g/mol. The molecule has 3 nitrogen and oxygen atoms in total. The zero-order valence-corrected chi connectivity index (χ0v) is 11.7. The van der Waals surface area contributed by atoms with Gasteiger partial charge in [0, 0.05) is 17.2 Å². The molecule has 2 aromatic heterocycles. The van der Waals surface area contributed by atoms with Crippen LogP contribution in [0.3, 0.4) is 0 Å². The molecule has 0 spiro atoms. The second-order valence-corrected chi connectivity index (χ2v) is 6.07. The van der Waals surface area contributed by atoms with E-state index in [4.69, 9.17) is 16.0 Å². The molecule has 0 atom stereocenters. The summed E-state index contributed by atoms with van der Waals surface area (Å²) in [4.78, 5) is 2.61. The number of thiophene rings is 1. The van der Waals surface area contributed by atoms with Gasteiger partial charge in [-0.1, -0.05) is 6.42 Å². The predicted octanol–water partition coefficient (Wildman–Crippen LogP) is 3.85. The van der Waals surface area contributed by atoms with E-state index in [1.807, 2.05) is 0 Å². The lowest BCUT2D eigenvalue weighted by atomic mass is 10.1. The van der Waals surface area contributed by atoms with Crippen LogP contribution in [0.2, 0.25) is 0 Å². The van der Waals surface area contributed by atoms with E-state index in [2.05, 4.69) is 16.3 Å². The minimum absolute atomic E-state index is 0.516. The molecule has 0 radical (unpaired) electrons. The summed E-state index contributed by atoms with van der Waals surface area (Å²) in [5, 5.41) is 8.12. The molecule has 18 heavy (non-hydrogen) atoms. The molecule has 0 N–H and O–H groups in total. The molecule has 1 aliphatic carbocycles. The van der Waals surface area contributed by atoms with Crippen LogP contribution in [0.4, 0.5) is 0 Å². The zero-order chi connectivity index (χ0) is 12.4. The smallest absolute Gasteiger partial charge is 0.257 e. The molecule has 3 rings (SSSR count). The fourth-order valence-corrected chi connectivity index (χ4v) is 3.64. The molecule has 0 saturated carbocycles. The third kappa shape index (κ3) is 2.45. The van der Waals surface area contributed by atoms with Crippen molar-refractivity contribution in [3.8, 4) is 10.8 Å². The lowest BCUT2D eigenvalue weighted by Gasteiger charge is -1.92. The standard InChI is InChI=1S/C13H15ClN2OS/c14-7-6-12-15-16-13(17-12)11-8-9-4-2-1-3-5-10(9)18-11/h8H,1-7H2. The second-order valence-electron chi connectivity index (χ2n) is 4.56. The third-order valence-corrected chi connectivity index (χ3v) is 4.65. The van der Waals surface area contributed by atoms with Crippen LogP contribution in [0.25, 0.3) is 10.8 Å². The van der Waals surface area contributed by atoms with Crippen molar-refractivity contribution in [2.75, 3.05) is 5.88 Å². The number of aromatic nitrogens is 2. The maximum atomic E-state index is 5.67. The maximum Gasteiger partial charge on any atom is 0.257 e. The van der Waals surface area contributed by atoms with Gasteiger partial charge in [-0.3, -0.25) is 0 Å². The van der Waals surface area contributed by atoms with Crippen LogP contribution in [0, 0.1) is 0 Å². The number of alkyl halides is 1. The van der Waals surface area contributed by atoms with E-state index in [1.165, 1.54) is 42.5 Å². The Labute approximate surface area is 115 Å². The number of rotatable bonds is 3. The highest BCUT2D eigenvalue weighted by atomic mass is 35.5. The number of hydrogen-bond acceptors (Lipinski definition) is 4. The summed E-state index contributed by atoms with van der Waals surface area (Å²) in [6.07, 6.45) is 6.97. The summed E-state index contributed by atoms with van der Waals surface area (Å²) in [7, 11) is 0. The highest BCUT2D eigenvalue weighted by Crippen LogP contribution is 2.34. The van der Waals surface area contributed by atoms with Crippen molar-refractivity contribution in [3.05, 3.63) is 22.4 Å². The van der Waals surface area contributed by atoms with Gasteiger partial charge in [0.25, 0.3) is 5.89 Å². The Morgan fingerprint density at radius 1 is 1.22 bits per heavy atom. The van der Waals surface area contributed by atoms with Crippen molar-refractivity contribution >= 4 is 22.9 Å². The summed E-state index contributed by atoms with van der Waals surface area (Å²) >= 11 is 7.47. The lowest BCUT2D eigenvalue weighted by molar-refractivity contribution is 0.514. The third-order valence-electron chi connectivity index (χ3n) is 3.23. The largest absolute Gasteiger partial charge is 0.420 e. The van der Waals surface area contributed by atoms with Crippen molar-refractivity contribution in [2.24, 2.45) is 0 Å². The van der Waals surface area contributed by atoms with Crippen molar-refractivity contribution in [3.63, 3.8) is 0 Å². The quantitative estimate of drug-likeness (QED) is 0.634. The summed E-state index contributed by atoms with van der Waals surface area (Å²) < 4.78 is 5.62. The molecule has 0 amide bonds. The normalized spacial score (nSPS) is 15.4. The number of hydrogen-bond donors (Lipinski definition) is 0. The van der Waals surface area contributed by atoms with E-state index in [9.17, 15) is 0 Å². The number of halogens is 1. The Morgan fingerprint density at radius 3 is 3.00 bits per heavy atom. The molecule has 1 aliphatic rings.